The highest BCUT2D eigenvalue weighted by atomic mass is 35.5. The Morgan fingerprint density at radius 2 is 1.77 bits per heavy atom. The van der Waals surface area contributed by atoms with Crippen LogP contribution in [0.4, 0.5) is 5.69 Å². The first-order valence-corrected chi connectivity index (χ1v) is 17.1. The van der Waals surface area contributed by atoms with Gasteiger partial charge in [-0.05, 0) is 88.2 Å². The molecule has 1 saturated carbocycles. The van der Waals surface area contributed by atoms with E-state index in [1.807, 2.05) is 12.4 Å². The number of carbonyl (C=O) groups is 1. The predicted octanol–water partition coefficient (Wildman–Crippen LogP) is 6.06. The van der Waals surface area contributed by atoms with Gasteiger partial charge in [0.1, 0.15) is 5.52 Å². The number of hydrogen-bond donors (Lipinski definition) is 0. The van der Waals surface area contributed by atoms with Crippen LogP contribution in [0.25, 0.3) is 22.3 Å². The van der Waals surface area contributed by atoms with Gasteiger partial charge in [-0.15, -0.1) is 0 Å². The number of rotatable bonds is 6. The van der Waals surface area contributed by atoms with E-state index in [-0.39, 0.29) is 6.04 Å². The minimum absolute atomic E-state index is 0.243. The fourth-order valence-electron chi connectivity index (χ4n) is 8.53. The van der Waals surface area contributed by atoms with Gasteiger partial charge in [-0.1, -0.05) is 44.5 Å². The van der Waals surface area contributed by atoms with E-state index in [9.17, 15) is 4.79 Å². The number of pyridine rings is 1. The molecule has 1 atom stereocenters. The molecule has 9 heteroatoms. The monoisotopic (exact) mass is 616 g/mol. The van der Waals surface area contributed by atoms with Crippen LogP contribution in [-0.2, 0) is 14.9 Å². The van der Waals surface area contributed by atoms with Crippen molar-refractivity contribution >= 4 is 34.2 Å². The third-order valence-electron chi connectivity index (χ3n) is 11.7. The number of anilines is 1. The molecule has 0 bridgehead atoms. The Morgan fingerprint density at radius 1 is 1.02 bits per heavy atom. The topological polar surface area (TPSA) is 66.7 Å². The molecule has 6 heterocycles. The molecule has 1 aromatic carbocycles. The molecule has 0 unspecified atom stereocenters. The van der Waals surface area contributed by atoms with Crippen molar-refractivity contribution in [3.8, 4) is 11.3 Å². The third-order valence-corrected chi connectivity index (χ3v) is 12.0. The maximum atomic E-state index is 14.7. The number of imidazole rings is 1. The number of halogens is 1. The molecule has 2 aromatic heterocycles. The minimum atomic E-state index is -0.445. The first-order valence-electron chi connectivity index (χ1n) is 16.7. The van der Waals surface area contributed by atoms with Gasteiger partial charge in [0.2, 0.25) is 5.91 Å². The SMILES string of the molecule is CC[C@H](C)n1cnc2cc(-c3ccc4c(c3)N(C3CC(N5CCC(C)(C)C5)C3)C(=O)C43CCN(C4COC4)CC3)nc(Cl)c21. The molecular formula is C35H45ClN6O2. The maximum Gasteiger partial charge on any atom is 0.238 e. The average molecular weight is 617 g/mol. The number of likely N-dealkylation sites (tertiary alicyclic amines) is 2. The first-order chi connectivity index (χ1) is 21.2. The molecule has 1 amide bonds. The number of ether oxygens (including phenoxy) is 1. The zero-order valence-corrected chi connectivity index (χ0v) is 27.3. The second kappa shape index (κ2) is 10.5. The Kier molecular flexibility index (Phi) is 6.91. The molecule has 4 fully saturated rings. The molecule has 8 rings (SSSR count). The van der Waals surface area contributed by atoms with Crippen LogP contribution in [-0.4, -0.2) is 87.8 Å². The zero-order chi connectivity index (χ0) is 30.4. The summed E-state index contributed by atoms with van der Waals surface area (Å²) in [5.41, 5.74) is 5.76. The van der Waals surface area contributed by atoms with Gasteiger partial charge < -0.3 is 14.2 Å². The van der Waals surface area contributed by atoms with Crippen molar-refractivity contribution in [3.05, 3.63) is 41.3 Å². The zero-order valence-electron chi connectivity index (χ0n) is 26.6. The van der Waals surface area contributed by atoms with Crippen molar-refractivity contribution in [2.45, 2.75) is 95.8 Å². The summed E-state index contributed by atoms with van der Waals surface area (Å²) in [5, 5.41) is 0.475. The fourth-order valence-corrected chi connectivity index (χ4v) is 8.81. The number of aromatic nitrogens is 3. The normalized spacial score (nSPS) is 27.6. The highest BCUT2D eigenvalue weighted by Gasteiger charge is 2.56. The number of piperidine rings is 1. The first kappa shape index (κ1) is 28.9. The van der Waals surface area contributed by atoms with Crippen molar-refractivity contribution in [2.24, 2.45) is 5.41 Å². The lowest BCUT2D eigenvalue weighted by Gasteiger charge is -2.47. The number of carbonyl (C=O) groups excluding carboxylic acids is 1. The van der Waals surface area contributed by atoms with Crippen molar-refractivity contribution in [2.75, 3.05) is 44.3 Å². The molecule has 0 radical (unpaired) electrons. The summed E-state index contributed by atoms with van der Waals surface area (Å²) < 4.78 is 7.61. The molecule has 1 spiro atoms. The molecule has 8 nitrogen and oxygen atoms in total. The molecule has 3 saturated heterocycles. The Balaban J connectivity index is 1.13. The van der Waals surface area contributed by atoms with Crippen LogP contribution in [0.1, 0.15) is 77.8 Å². The van der Waals surface area contributed by atoms with Gasteiger partial charge in [-0.25, -0.2) is 9.97 Å². The minimum Gasteiger partial charge on any atom is -0.378 e. The van der Waals surface area contributed by atoms with Crippen LogP contribution >= 0.6 is 11.6 Å². The summed E-state index contributed by atoms with van der Waals surface area (Å²) in [6.45, 7) is 14.9. The van der Waals surface area contributed by atoms with Gasteiger partial charge >= 0.3 is 0 Å². The molecule has 5 aliphatic rings. The lowest BCUT2D eigenvalue weighted by molar-refractivity contribution is -0.128. The van der Waals surface area contributed by atoms with Crippen LogP contribution < -0.4 is 4.90 Å². The Bertz CT molecular complexity index is 1600. The number of benzene rings is 1. The molecule has 4 aliphatic heterocycles. The fraction of sp³-hybridized carbons (Fsp3) is 0.629. The van der Waals surface area contributed by atoms with E-state index >= 15 is 0 Å². The second-order valence-electron chi connectivity index (χ2n) is 15.0. The van der Waals surface area contributed by atoms with E-state index in [0.29, 0.717) is 34.6 Å². The van der Waals surface area contributed by atoms with Crippen LogP contribution in [0, 0.1) is 5.41 Å². The Morgan fingerprint density at radius 3 is 2.43 bits per heavy atom. The number of amides is 1. The van der Waals surface area contributed by atoms with E-state index in [1.54, 1.807) is 0 Å². The smallest absolute Gasteiger partial charge is 0.238 e. The predicted molar refractivity (Wildman–Crippen MR) is 174 cm³/mol. The summed E-state index contributed by atoms with van der Waals surface area (Å²) in [6, 6.07) is 10.3. The molecule has 3 aromatic rings. The van der Waals surface area contributed by atoms with Crippen molar-refractivity contribution in [3.63, 3.8) is 0 Å². The van der Waals surface area contributed by atoms with Gasteiger partial charge in [0.15, 0.2) is 5.15 Å². The van der Waals surface area contributed by atoms with E-state index in [1.165, 1.54) is 18.5 Å². The maximum absolute atomic E-state index is 14.7. The highest BCUT2D eigenvalue weighted by Crippen LogP contribution is 2.52. The largest absolute Gasteiger partial charge is 0.378 e. The Labute approximate surface area is 265 Å². The number of hydrogen-bond acceptors (Lipinski definition) is 6. The van der Waals surface area contributed by atoms with Crippen molar-refractivity contribution < 1.29 is 9.53 Å². The summed E-state index contributed by atoms with van der Waals surface area (Å²) in [5.74, 6) is 0.313. The summed E-state index contributed by atoms with van der Waals surface area (Å²) in [4.78, 5) is 31.6. The van der Waals surface area contributed by atoms with Crippen LogP contribution in [0.5, 0.6) is 0 Å². The van der Waals surface area contributed by atoms with Gasteiger partial charge in [-0.2, -0.15) is 0 Å². The summed E-state index contributed by atoms with van der Waals surface area (Å²) in [6.07, 6.45) is 7.95. The van der Waals surface area contributed by atoms with Crippen molar-refractivity contribution in [1.29, 1.82) is 0 Å². The van der Waals surface area contributed by atoms with Gasteiger partial charge in [0, 0.05) is 35.9 Å². The van der Waals surface area contributed by atoms with Gasteiger partial charge in [0.05, 0.1) is 42.2 Å². The van der Waals surface area contributed by atoms with E-state index < -0.39 is 5.41 Å². The van der Waals surface area contributed by atoms with Crippen LogP contribution in [0.3, 0.4) is 0 Å². The standard InChI is InChI=1S/C35H45ClN6O2/c1-5-22(2)41-21-37-29-17-28(38-32(36)31(29)41)23-6-7-27-30(14-23)42(25-15-24(16-25)40-11-8-34(3,4)20-40)33(43)35(27)9-12-39(13-10-35)26-18-44-19-26/h6-7,14,17,21-22,24-26H,5,8-13,15-16,18-20H2,1-4H3/t22-,24?,25?/m0/s1. The van der Waals surface area contributed by atoms with Crippen molar-refractivity contribution in [1.82, 2.24) is 24.3 Å². The number of fused-ring (bicyclic) bond motifs is 3. The van der Waals surface area contributed by atoms with E-state index in [2.05, 4.69) is 65.2 Å². The summed E-state index contributed by atoms with van der Waals surface area (Å²) >= 11 is 6.83. The van der Waals surface area contributed by atoms with Gasteiger partial charge in [0.25, 0.3) is 0 Å². The van der Waals surface area contributed by atoms with Crippen LogP contribution in [0.15, 0.2) is 30.6 Å². The lowest BCUT2D eigenvalue weighted by Crippen LogP contribution is -2.59. The highest BCUT2D eigenvalue weighted by molar-refractivity contribution is 6.34. The van der Waals surface area contributed by atoms with Crippen LogP contribution in [0.2, 0.25) is 5.15 Å². The molecule has 0 N–H and O–H groups in total. The second-order valence-corrected chi connectivity index (χ2v) is 15.3. The quantitative estimate of drug-likeness (QED) is 0.314. The van der Waals surface area contributed by atoms with E-state index in [0.717, 1.165) is 92.9 Å². The molecular weight excluding hydrogens is 572 g/mol. The third kappa shape index (κ3) is 4.46. The number of nitrogens with zero attached hydrogens (tertiary/aromatic N) is 6. The summed E-state index contributed by atoms with van der Waals surface area (Å²) in [7, 11) is 0. The Hall–Kier alpha value is -2.52. The molecule has 234 valence electrons. The van der Waals surface area contributed by atoms with E-state index in [4.69, 9.17) is 26.3 Å². The lowest BCUT2D eigenvalue weighted by atomic mass is 9.73. The van der Waals surface area contributed by atoms with Gasteiger partial charge in [-0.3, -0.25) is 14.6 Å². The molecule has 1 aliphatic carbocycles. The average Bonchev–Trinajstić information content (AvgIpc) is 3.61. The molecule has 44 heavy (non-hydrogen) atoms.